The summed E-state index contributed by atoms with van der Waals surface area (Å²) in [6.07, 6.45) is 0. The molecule has 0 unspecified atom stereocenters. The third-order valence-electron chi connectivity index (χ3n) is 12.1. The highest BCUT2D eigenvalue weighted by Crippen LogP contribution is 2.39. The maximum Gasteiger partial charge on any atom is 0.309 e. The second-order valence-corrected chi connectivity index (χ2v) is 27.3. The Bertz CT molecular complexity index is 2750. The number of nitrogens with zero attached hydrogens (tertiary/aromatic N) is 6. The molecule has 12 heteroatoms. The van der Waals surface area contributed by atoms with Crippen molar-refractivity contribution in [2.24, 2.45) is 0 Å². The SMILES string of the molecule is CC(C)(C)[Si](C)(C)O[n+]1c2nc(nc3[nH]c(c4ccccc34)[n+](O[Si](C)(C)C(C)(C)C)c3[nH]c(nc4nc1-c1ccccc1-4)c1ccccc13)-c1ccccc1-2. The summed E-state index contributed by atoms with van der Waals surface area (Å²) < 4.78 is 18.4. The Morgan fingerprint density at radius 3 is 1.18 bits per heavy atom. The molecule has 0 amide bonds. The fourth-order valence-corrected chi connectivity index (χ4v) is 8.60. The summed E-state index contributed by atoms with van der Waals surface area (Å²) >= 11 is 0. The van der Waals surface area contributed by atoms with Crippen LogP contribution in [0.5, 0.6) is 0 Å². The lowest BCUT2D eigenvalue weighted by Crippen LogP contribution is -2.61. The summed E-state index contributed by atoms with van der Waals surface area (Å²) in [4.78, 5) is 28.8. The molecule has 9 rings (SSSR count). The molecule has 0 spiro atoms. The zero-order valence-electron chi connectivity index (χ0n) is 33.7. The van der Waals surface area contributed by atoms with Gasteiger partial charge in [-0.2, -0.15) is 9.97 Å². The second-order valence-electron chi connectivity index (χ2n) is 17.9. The highest BCUT2D eigenvalue weighted by atomic mass is 28.4. The van der Waals surface area contributed by atoms with Gasteiger partial charge in [0.15, 0.2) is 0 Å². The van der Waals surface area contributed by atoms with Crippen LogP contribution < -0.4 is 18.5 Å². The van der Waals surface area contributed by atoms with E-state index in [-0.39, 0.29) is 10.1 Å². The quantitative estimate of drug-likeness (QED) is 0.136. The van der Waals surface area contributed by atoms with Crippen molar-refractivity contribution in [2.75, 3.05) is 0 Å². The predicted molar refractivity (Wildman–Crippen MR) is 228 cm³/mol. The van der Waals surface area contributed by atoms with Gasteiger partial charge in [-0.1, -0.05) is 110 Å². The van der Waals surface area contributed by atoms with E-state index in [1.54, 1.807) is 0 Å². The number of hydrogen-bond donors (Lipinski definition) is 2. The first kappa shape index (κ1) is 35.9. The van der Waals surface area contributed by atoms with Gasteiger partial charge in [-0.3, -0.25) is 9.97 Å². The van der Waals surface area contributed by atoms with Crippen LogP contribution in [0.2, 0.25) is 36.3 Å². The number of benzene rings is 4. The van der Waals surface area contributed by atoms with Crippen LogP contribution in [0, 0.1) is 0 Å². The van der Waals surface area contributed by atoms with Gasteiger partial charge in [-0.15, -0.1) is 0 Å². The molecule has 0 fully saturated rings. The predicted octanol–water partition coefficient (Wildman–Crippen LogP) is 9.52. The molecule has 5 heterocycles. The van der Waals surface area contributed by atoms with Gasteiger partial charge in [0.2, 0.25) is 22.9 Å². The first-order valence-corrected chi connectivity index (χ1v) is 25.1. The Hall–Kier alpha value is -5.73. The van der Waals surface area contributed by atoms with E-state index in [1.165, 1.54) is 0 Å². The summed E-state index contributed by atoms with van der Waals surface area (Å²) in [5, 5.41) is 3.65. The van der Waals surface area contributed by atoms with E-state index in [0.717, 1.165) is 55.1 Å². The van der Waals surface area contributed by atoms with Crippen LogP contribution in [0.4, 0.5) is 0 Å². The standard InChI is InChI=1S/C44H47N8O2Si2/c1-43(2,3)55(7,8)53-51-39-31-23-15-11-19-27(31)35(47-39)45-37-29-21-13-17-25-33(29)41(49-37)52(54-56(9,10)44(4,5)6)42-34-26-18-14-22-30(34)38(50-42)46-36-28-20-12-16-24-32(28)40(51)48-36/h11-26H,1-10H3,(H,47,48,49,50)/q+1/p+1. The molecular weight excluding hydrogens is 729 g/mol. The van der Waals surface area contributed by atoms with E-state index in [1.807, 2.05) is 45.9 Å². The smallest absolute Gasteiger partial charge is 0.309 e. The van der Waals surface area contributed by atoms with Crippen LogP contribution in [0.25, 0.3) is 89.7 Å². The summed E-state index contributed by atoms with van der Waals surface area (Å²) in [5.74, 6) is 2.43. The van der Waals surface area contributed by atoms with E-state index in [4.69, 9.17) is 29.0 Å². The van der Waals surface area contributed by atoms with Crippen LogP contribution in [-0.4, -0.2) is 46.5 Å². The third kappa shape index (κ3) is 5.64. The lowest BCUT2D eigenvalue weighted by molar-refractivity contribution is -0.849. The molecule has 2 aliphatic rings. The van der Waals surface area contributed by atoms with E-state index in [9.17, 15) is 0 Å². The van der Waals surface area contributed by atoms with Gasteiger partial charge >= 0.3 is 28.3 Å². The number of aromatic amines is 2. The lowest BCUT2D eigenvalue weighted by Gasteiger charge is -2.34. The van der Waals surface area contributed by atoms with Gasteiger partial charge in [0.05, 0.1) is 33.0 Å². The fourth-order valence-electron chi connectivity index (χ4n) is 6.78. The van der Waals surface area contributed by atoms with Crippen molar-refractivity contribution < 1.29 is 18.5 Å². The molecule has 0 atom stereocenters. The van der Waals surface area contributed by atoms with E-state index < -0.39 is 16.6 Å². The zero-order chi connectivity index (χ0) is 39.4. The summed E-state index contributed by atoms with van der Waals surface area (Å²) in [7, 11) is -4.92. The molecule has 0 saturated heterocycles. The van der Waals surface area contributed by atoms with E-state index in [2.05, 4.69) is 138 Å². The second kappa shape index (κ2) is 12.4. The minimum Gasteiger partial charge on any atom is -0.418 e. The number of H-pyrrole nitrogens is 2. The van der Waals surface area contributed by atoms with E-state index in [0.29, 0.717) is 34.6 Å². The Kier molecular flexibility index (Phi) is 7.95. The molecule has 2 N–H and O–H groups in total. The van der Waals surface area contributed by atoms with Crippen LogP contribution in [0.15, 0.2) is 97.1 Å². The molecule has 0 aliphatic carbocycles. The number of rotatable bonds is 4. The Labute approximate surface area is 328 Å². The minimum atomic E-state index is -2.47. The minimum absolute atomic E-state index is 0.0884. The van der Waals surface area contributed by atoms with E-state index >= 15 is 0 Å². The molecule has 282 valence electrons. The maximum atomic E-state index is 7.32. The zero-order valence-corrected chi connectivity index (χ0v) is 35.7. The summed E-state index contributed by atoms with van der Waals surface area (Å²) in [5.41, 5.74) is 6.55. The molecule has 56 heavy (non-hydrogen) atoms. The Balaban J connectivity index is 1.53. The number of fused-ring (bicyclic) bond motifs is 20. The number of aromatic nitrogens is 8. The molecule has 0 radical (unpaired) electrons. The van der Waals surface area contributed by atoms with Crippen LogP contribution >= 0.6 is 0 Å². The third-order valence-corrected chi connectivity index (χ3v) is 20.6. The van der Waals surface area contributed by atoms with Crippen LogP contribution in [-0.2, 0) is 0 Å². The van der Waals surface area contributed by atoms with Crippen molar-refractivity contribution in [1.82, 2.24) is 29.9 Å². The van der Waals surface area contributed by atoms with Crippen LogP contribution in [0.1, 0.15) is 41.5 Å². The van der Waals surface area contributed by atoms with Crippen LogP contribution in [0.3, 0.4) is 0 Å². The molecule has 3 aromatic heterocycles. The van der Waals surface area contributed by atoms with Gasteiger partial charge in [-0.05, 0) is 84.8 Å². The highest BCUT2D eigenvalue weighted by Gasteiger charge is 2.45. The number of hydrogen-bond acceptors (Lipinski definition) is 6. The molecule has 10 nitrogen and oxygen atoms in total. The Morgan fingerprint density at radius 1 is 0.446 bits per heavy atom. The van der Waals surface area contributed by atoms with Gasteiger partial charge in [0, 0.05) is 10.8 Å². The molecule has 7 aromatic rings. The fraction of sp³-hybridized carbons (Fsp3) is 0.273. The van der Waals surface area contributed by atoms with Gasteiger partial charge in [-0.25, -0.2) is 0 Å². The van der Waals surface area contributed by atoms with Crippen molar-refractivity contribution in [3.63, 3.8) is 0 Å². The van der Waals surface area contributed by atoms with Crippen molar-refractivity contribution in [2.45, 2.75) is 77.8 Å². The molecule has 2 aliphatic heterocycles. The van der Waals surface area contributed by atoms with Gasteiger partial charge < -0.3 is 9.05 Å². The average molecular weight is 777 g/mol. The highest BCUT2D eigenvalue weighted by molar-refractivity contribution is 6.74. The van der Waals surface area contributed by atoms with Crippen molar-refractivity contribution in [1.29, 1.82) is 0 Å². The average Bonchev–Trinajstić information content (AvgIpc) is 3.91. The lowest BCUT2D eigenvalue weighted by atomic mass is 10.1. The van der Waals surface area contributed by atoms with Gasteiger partial charge in [0.1, 0.15) is 0 Å². The number of nitrogens with one attached hydrogen (secondary N) is 2. The maximum absolute atomic E-state index is 7.32. The topological polar surface area (TPSA) is 109 Å². The first-order valence-electron chi connectivity index (χ1n) is 19.3. The van der Waals surface area contributed by atoms with Crippen molar-refractivity contribution in [3.05, 3.63) is 97.1 Å². The summed E-state index contributed by atoms with van der Waals surface area (Å²) in [6, 6.07) is 33.1. The molecule has 4 aromatic carbocycles. The molecule has 0 saturated carbocycles. The molecule has 8 bridgehead atoms. The monoisotopic (exact) mass is 776 g/mol. The Morgan fingerprint density at radius 2 is 0.786 bits per heavy atom. The van der Waals surface area contributed by atoms with Gasteiger partial charge in [0.25, 0.3) is 11.3 Å². The molecular formula is C44H48N8O2Si2+2. The van der Waals surface area contributed by atoms with Crippen molar-refractivity contribution >= 4 is 60.8 Å². The normalized spacial score (nSPS) is 13.2. The summed E-state index contributed by atoms with van der Waals surface area (Å²) in [6.45, 7) is 22.5. The van der Waals surface area contributed by atoms with Crippen molar-refractivity contribution in [3.8, 4) is 45.6 Å². The largest absolute Gasteiger partial charge is 0.418 e. The first-order chi connectivity index (χ1) is 26.5.